The average Bonchev–Trinajstić information content (AvgIpc) is 2.53. The fourth-order valence-electron chi connectivity index (χ4n) is 2.82. The molecule has 138 valence electrons. The summed E-state index contributed by atoms with van der Waals surface area (Å²) in [4.78, 5) is 20.4. The monoisotopic (exact) mass is 361 g/mol. The Morgan fingerprint density at radius 3 is 2.48 bits per heavy atom. The van der Waals surface area contributed by atoms with Crippen molar-refractivity contribution in [3.63, 3.8) is 0 Å². The SMILES string of the molecule is NC(=O)CO[C@H]1CC[C@H](Nc2ccc([N+](=O)[O-])c(C(F)(F)F)c2)CC1. The Morgan fingerprint density at radius 2 is 1.96 bits per heavy atom. The molecule has 2 rings (SSSR count). The molecule has 1 amide bonds. The predicted molar refractivity (Wildman–Crippen MR) is 82.9 cm³/mol. The Kier molecular flexibility index (Phi) is 5.83. The number of nitro benzene ring substituents is 1. The standard InChI is InChI=1S/C15H18F3N3O4/c16-15(17,18)12-7-10(3-6-13(12)21(23)24)20-9-1-4-11(5-2-9)25-8-14(19)22/h3,6-7,9,11,20H,1-2,4-5,8H2,(H2,19,22)/t9-,11-. The number of nitrogens with one attached hydrogen (secondary N) is 1. The van der Waals surface area contributed by atoms with Crippen LogP contribution in [0, 0.1) is 10.1 Å². The van der Waals surface area contributed by atoms with Gasteiger partial charge in [-0.3, -0.25) is 14.9 Å². The molecule has 1 aliphatic carbocycles. The number of amides is 1. The zero-order valence-electron chi connectivity index (χ0n) is 13.2. The van der Waals surface area contributed by atoms with Gasteiger partial charge in [-0.2, -0.15) is 13.2 Å². The van der Waals surface area contributed by atoms with Crippen molar-refractivity contribution in [2.75, 3.05) is 11.9 Å². The molecule has 1 aromatic rings. The average molecular weight is 361 g/mol. The molecular weight excluding hydrogens is 343 g/mol. The Balaban J connectivity index is 2.00. The van der Waals surface area contributed by atoms with E-state index < -0.39 is 28.3 Å². The van der Waals surface area contributed by atoms with Crippen LogP contribution >= 0.6 is 0 Å². The number of primary amides is 1. The van der Waals surface area contributed by atoms with Crippen LogP contribution in [0.3, 0.4) is 0 Å². The Hall–Kier alpha value is -2.36. The van der Waals surface area contributed by atoms with E-state index in [2.05, 4.69) is 5.32 Å². The molecule has 0 unspecified atom stereocenters. The summed E-state index contributed by atoms with van der Waals surface area (Å²) >= 11 is 0. The highest BCUT2D eigenvalue weighted by atomic mass is 19.4. The lowest BCUT2D eigenvalue weighted by atomic mass is 9.92. The molecule has 1 aliphatic rings. The normalized spacial score (nSPS) is 20.9. The molecule has 0 aromatic heterocycles. The number of nitro groups is 1. The van der Waals surface area contributed by atoms with Crippen molar-refractivity contribution < 1.29 is 27.6 Å². The number of hydrogen-bond donors (Lipinski definition) is 2. The van der Waals surface area contributed by atoms with Gasteiger partial charge in [-0.05, 0) is 37.8 Å². The minimum Gasteiger partial charge on any atom is -0.382 e. The topological polar surface area (TPSA) is 107 Å². The quantitative estimate of drug-likeness (QED) is 0.598. The minimum atomic E-state index is -4.81. The Labute approximate surface area is 141 Å². The van der Waals surface area contributed by atoms with Crippen molar-refractivity contribution in [3.05, 3.63) is 33.9 Å². The van der Waals surface area contributed by atoms with Crippen molar-refractivity contribution in [3.8, 4) is 0 Å². The molecule has 25 heavy (non-hydrogen) atoms. The van der Waals surface area contributed by atoms with E-state index in [1.165, 1.54) is 6.07 Å². The molecular formula is C15H18F3N3O4. The van der Waals surface area contributed by atoms with Gasteiger partial charge in [0.25, 0.3) is 5.69 Å². The van der Waals surface area contributed by atoms with E-state index in [0.29, 0.717) is 25.7 Å². The number of alkyl halides is 3. The smallest absolute Gasteiger partial charge is 0.382 e. The van der Waals surface area contributed by atoms with Gasteiger partial charge >= 0.3 is 6.18 Å². The lowest BCUT2D eigenvalue weighted by Gasteiger charge is -2.29. The fourth-order valence-corrected chi connectivity index (χ4v) is 2.82. The van der Waals surface area contributed by atoms with Crippen LogP contribution in [-0.2, 0) is 15.7 Å². The van der Waals surface area contributed by atoms with Gasteiger partial charge in [-0.25, -0.2) is 0 Å². The molecule has 3 N–H and O–H groups in total. The van der Waals surface area contributed by atoms with Gasteiger partial charge in [0.05, 0.1) is 11.0 Å². The summed E-state index contributed by atoms with van der Waals surface area (Å²) in [5.74, 6) is -0.550. The van der Waals surface area contributed by atoms with Crippen molar-refractivity contribution in [1.82, 2.24) is 0 Å². The van der Waals surface area contributed by atoms with E-state index in [-0.39, 0.29) is 24.4 Å². The number of halogens is 3. The van der Waals surface area contributed by atoms with E-state index in [1.54, 1.807) is 0 Å². The van der Waals surface area contributed by atoms with Crippen LogP contribution in [-0.4, -0.2) is 29.6 Å². The van der Waals surface area contributed by atoms with Crippen LogP contribution in [0.1, 0.15) is 31.2 Å². The van der Waals surface area contributed by atoms with Gasteiger partial charge in [0.15, 0.2) is 0 Å². The maximum Gasteiger partial charge on any atom is 0.423 e. The number of carbonyl (C=O) groups is 1. The van der Waals surface area contributed by atoms with Crippen molar-refractivity contribution >= 4 is 17.3 Å². The number of nitrogens with two attached hydrogens (primary N) is 1. The zero-order valence-corrected chi connectivity index (χ0v) is 13.2. The summed E-state index contributed by atoms with van der Waals surface area (Å²) in [5, 5.41) is 13.7. The Morgan fingerprint density at radius 1 is 1.32 bits per heavy atom. The Bertz CT molecular complexity index is 643. The number of benzene rings is 1. The summed E-state index contributed by atoms with van der Waals surface area (Å²) in [6.45, 7) is -0.153. The number of hydrogen-bond acceptors (Lipinski definition) is 5. The molecule has 1 aromatic carbocycles. The first-order chi connectivity index (χ1) is 11.7. The third-order valence-electron chi connectivity index (χ3n) is 4.00. The molecule has 7 nitrogen and oxygen atoms in total. The van der Waals surface area contributed by atoms with Crippen molar-refractivity contribution in [2.45, 2.75) is 44.0 Å². The number of rotatable bonds is 6. The second kappa shape index (κ2) is 7.68. The number of anilines is 1. The summed E-state index contributed by atoms with van der Waals surface area (Å²) in [6, 6.07) is 2.81. The third-order valence-corrected chi connectivity index (χ3v) is 4.00. The molecule has 1 fully saturated rings. The van der Waals surface area contributed by atoms with E-state index in [4.69, 9.17) is 10.5 Å². The van der Waals surface area contributed by atoms with Gasteiger partial charge in [-0.15, -0.1) is 0 Å². The summed E-state index contributed by atoms with van der Waals surface area (Å²) in [5.41, 5.74) is 2.94. The highest BCUT2D eigenvalue weighted by molar-refractivity contribution is 5.75. The maximum absolute atomic E-state index is 13.0. The zero-order chi connectivity index (χ0) is 18.6. The van der Waals surface area contributed by atoms with Crippen LogP contribution in [0.4, 0.5) is 24.5 Å². The first kappa shape index (κ1) is 19.0. The second-order valence-electron chi connectivity index (χ2n) is 5.88. The molecule has 0 spiro atoms. The van der Waals surface area contributed by atoms with Gasteiger partial charge in [-0.1, -0.05) is 0 Å². The van der Waals surface area contributed by atoms with Crippen LogP contribution in [0.25, 0.3) is 0 Å². The van der Waals surface area contributed by atoms with E-state index in [1.807, 2.05) is 0 Å². The number of carbonyl (C=O) groups excluding carboxylic acids is 1. The van der Waals surface area contributed by atoms with Crippen molar-refractivity contribution in [2.24, 2.45) is 5.73 Å². The fraction of sp³-hybridized carbons (Fsp3) is 0.533. The molecule has 0 aliphatic heterocycles. The van der Waals surface area contributed by atoms with E-state index in [0.717, 1.165) is 12.1 Å². The molecule has 0 heterocycles. The summed E-state index contributed by atoms with van der Waals surface area (Å²) in [7, 11) is 0. The van der Waals surface area contributed by atoms with Gasteiger partial charge in [0.2, 0.25) is 5.91 Å². The largest absolute Gasteiger partial charge is 0.423 e. The molecule has 0 saturated heterocycles. The van der Waals surface area contributed by atoms with Crippen LogP contribution in [0.15, 0.2) is 18.2 Å². The van der Waals surface area contributed by atoms with Gasteiger partial charge < -0.3 is 15.8 Å². The maximum atomic E-state index is 13.0. The highest BCUT2D eigenvalue weighted by Crippen LogP contribution is 2.38. The molecule has 0 radical (unpaired) electrons. The molecule has 0 atom stereocenters. The van der Waals surface area contributed by atoms with Crippen LogP contribution in [0.2, 0.25) is 0 Å². The van der Waals surface area contributed by atoms with E-state index in [9.17, 15) is 28.1 Å². The molecule has 10 heteroatoms. The van der Waals surface area contributed by atoms with Crippen LogP contribution in [0.5, 0.6) is 0 Å². The first-order valence-electron chi connectivity index (χ1n) is 7.69. The minimum absolute atomic E-state index is 0.0732. The highest BCUT2D eigenvalue weighted by Gasteiger charge is 2.38. The van der Waals surface area contributed by atoms with E-state index >= 15 is 0 Å². The van der Waals surface area contributed by atoms with Gasteiger partial charge in [0.1, 0.15) is 12.2 Å². The second-order valence-corrected chi connectivity index (χ2v) is 5.88. The summed E-state index contributed by atoms with van der Waals surface area (Å²) in [6.07, 6.45) is -2.34. The van der Waals surface area contributed by atoms with Gasteiger partial charge in [0, 0.05) is 17.8 Å². The molecule has 0 bridgehead atoms. The number of ether oxygens (including phenoxy) is 1. The first-order valence-corrected chi connectivity index (χ1v) is 7.69. The third kappa shape index (κ3) is 5.31. The lowest BCUT2D eigenvalue weighted by Crippen LogP contribution is -2.32. The number of nitrogens with zero attached hydrogens (tertiary/aromatic N) is 1. The van der Waals surface area contributed by atoms with Crippen molar-refractivity contribution in [1.29, 1.82) is 0 Å². The summed E-state index contributed by atoms with van der Waals surface area (Å²) < 4.78 is 44.3. The molecule has 1 saturated carbocycles. The lowest BCUT2D eigenvalue weighted by molar-refractivity contribution is -0.388. The van der Waals surface area contributed by atoms with Crippen LogP contribution < -0.4 is 11.1 Å². The predicted octanol–water partition coefficient (Wildman–Crippen LogP) is 2.84.